The van der Waals surface area contributed by atoms with Crippen molar-refractivity contribution in [2.75, 3.05) is 20.3 Å². The fraction of sp³-hybridized carbons (Fsp3) is 0.455. The van der Waals surface area contributed by atoms with Gasteiger partial charge in [0.15, 0.2) is 0 Å². The summed E-state index contributed by atoms with van der Waals surface area (Å²) >= 11 is 0. The van der Waals surface area contributed by atoms with Crippen molar-refractivity contribution in [3.8, 4) is 5.75 Å². The molecule has 84 valence electrons. The molecule has 0 amide bonds. The summed E-state index contributed by atoms with van der Waals surface area (Å²) in [5.41, 5.74) is 0.688. The molecule has 0 unspecified atom stereocenters. The Hall–Kier alpha value is -1.13. The third-order valence-electron chi connectivity index (χ3n) is 2.22. The van der Waals surface area contributed by atoms with Gasteiger partial charge in [0.05, 0.1) is 6.61 Å². The van der Waals surface area contributed by atoms with E-state index in [9.17, 15) is 9.50 Å². The van der Waals surface area contributed by atoms with Crippen LogP contribution in [0.2, 0.25) is 0 Å². The molecule has 0 aliphatic heterocycles. The number of ether oxygens (including phenoxy) is 1. The third kappa shape index (κ3) is 3.49. The molecule has 1 atom stereocenters. The summed E-state index contributed by atoms with van der Waals surface area (Å²) in [5.74, 6) is -0.451. The van der Waals surface area contributed by atoms with Crippen LogP contribution < -0.4 is 5.32 Å². The van der Waals surface area contributed by atoms with Gasteiger partial charge in [-0.15, -0.1) is 0 Å². The van der Waals surface area contributed by atoms with Crippen molar-refractivity contribution < 1.29 is 14.2 Å². The third-order valence-corrected chi connectivity index (χ3v) is 2.22. The van der Waals surface area contributed by atoms with Gasteiger partial charge in [-0.05, 0) is 13.0 Å². The number of rotatable bonds is 5. The van der Waals surface area contributed by atoms with Crippen LogP contribution in [0, 0.1) is 5.82 Å². The summed E-state index contributed by atoms with van der Waals surface area (Å²) in [6.07, 6.45) is 0. The minimum Gasteiger partial charge on any atom is -0.508 e. The minimum absolute atomic E-state index is 0.0209. The van der Waals surface area contributed by atoms with Crippen molar-refractivity contribution in [1.82, 2.24) is 5.32 Å². The van der Waals surface area contributed by atoms with Crippen LogP contribution in [0.5, 0.6) is 5.75 Å². The molecule has 0 radical (unpaired) electrons. The molecule has 0 saturated heterocycles. The summed E-state index contributed by atoms with van der Waals surface area (Å²) < 4.78 is 17.6. The van der Waals surface area contributed by atoms with E-state index in [4.69, 9.17) is 4.74 Å². The summed E-state index contributed by atoms with van der Waals surface area (Å²) in [6.45, 7) is 3.20. The van der Waals surface area contributed by atoms with Crippen LogP contribution in [-0.2, 0) is 4.74 Å². The number of aromatic hydroxyl groups is 1. The van der Waals surface area contributed by atoms with Crippen LogP contribution in [0.3, 0.4) is 0 Å². The highest BCUT2D eigenvalue weighted by Crippen LogP contribution is 2.24. The fourth-order valence-electron chi connectivity index (χ4n) is 1.37. The highest BCUT2D eigenvalue weighted by molar-refractivity contribution is 5.34. The number of halogens is 1. The van der Waals surface area contributed by atoms with Crippen LogP contribution in [0.4, 0.5) is 4.39 Å². The average Bonchev–Trinajstić information content (AvgIpc) is 2.17. The Bertz CT molecular complexity index is 317. The second-order valence-corrected chi connectivity index (χ2v) is 3.37. The van der Waals surface area contributed by atoms with Crippen LogP contribution in [0.1, 0.15) is 18.5 Å². The molecule has 1 aromatic rings. The van der Waals surface area contributed by atoms with Gasteiger partial charge in [0, 0.05) is 31.3 Å². The summed E-state index contributed by atoms with van der Waals surface area (Å²) in [6, 6.07) is 4.00. The molecule has 15 heavy (non-hydrogen) atoms. The Kier molecular flexibility index (Phi) is 4.52. The molecule has 3 nitrogen and oxygen atoms in total. The van der Waals surface area contributed by atoms with E-state index in [1.165, 1.54) is 6.07 Å². The second-order valence-electron chi connectivity index (χ2n) is 3.37. The summed E-state index contributed by atoms with van der Waals surface area (Å²) in [7, 11) is 1.63. The fourth-order valence-corrected chi connectivity index (χ4v) is 1.37. The largest absolute Gasteiger partial charge is 0.508 e. The zero-order chi connectivity index (χ0) is 11.3. The second kappa shape index (κ2) is 5.68. The number of methoxy groups -OCH3 is 1. The monoisotopic (exact) mass is 213 g/mol. The standard InChI is InChI=1S/C11H16FNO2/c1-8(13-5-6-15-2)10-4-3-9(12)7-11(10)14/h3-4,7-8,13-14H,5-6H2,1-2H3/t8-/m0/s1. The maximum absolute atomic E-state index is 12.7. The van der Waals surface area contributed by atoms with E-state index >= 15 is 0 Å². The van der Waals surface area contributed by atoms with Gasteiger partial charge in [-0.25, -0.2) is 4.39 Å². The zero-order valence-corrected chi connectivity index (χ0v) is 8.96. The van der Waals surface area contributed by atoms with Gasteiger partial charge in [-0.1, -0.05) is 6.07 Å². The first kappa shape index (κ1) is 11.9. The van der Waals surface area contributed by atoms with Crippen molar-refractivity contribution in [3.05, 3.63) is 29.6 Å². The van der Waals surface area contributed by atoms with Crippen molar-refractivity contribution >= 4 is 0 Å². The molecule has 0 bridgehead atoms. The number of hydrogen-bond donors (Lipinski definition) is 2. The molecule has 0 heterocycles. The van der Waals surface area contributed by atoms with Crippen LogP contribution in [0.15, 0.2) is 18.2 Å². The van der Waals surface area contributed by atoms with Gasteiger partial charge in [0.1, 0.15) is 11.6 Å². The van der Waals surface area contributed by atoms with Crippen molar-refractivity contribution in [2.45, 2.75) is 13.0 Å². The highest BCUT2D eigenvalue weighted by Gasteiger charge is 2.09. The molecule has 0 aromatic heterocycles. The zero-order valence-electron chi connectivity index (χ0n) is 8.96. The van der Waals surface area contributed by atoms with Crippen LogP contribution >= 0.6 is 0 Å². The molecular formula is C11H16FNO2. The first-order valence-corrected chi connectivity index (χ1v) is 4.86. The van der Waals surface area contributed by atoms with E-state index < -0.39 is 5.82 Å². The maximum Gasteiger partial charge on any atom is 0.126 e. The Morgan fingerprint density at radius 3 is 2.87 bits per heavy atom. The van der Waals surface area contributed by atoms with E-state index in [1.54, 1.807) is 13.2 Å². The molecule has 4 heteroatoms. The average molecular weight is 213 g/mol. The Morgan fingerprint density at radius 1 is 1.53 bits per heavy atom. The first-order chi connectivity index (χ1) is 7.15. The van der Waals surface area contributed by atoms with Crippen LogP contribution in [0.25, 0.3) is 0 Å². The van der Waals surface area contributed by atoms with Crippen molar-refractivity contribution in [3.63, 3.8) is 0 Å². The molecule has 2 N–H and O–H groups in total. The molecule has 1 aromatic carbocycles. The minimum atomic E-state index is -0.430. The number of phenolic OH excluding ortho intramolecular Hbond substituents is 1. The van der Waals surface area contributed by atoms with Gasteiger partial charge >= 0.3 is 0 Å². The van der Waals surface area contributed by atoms with Gasteiger partial charge < -0.3 is 15.2 Å². The predicted octanol–water partition coefficient (Wildman–Crippen LogP) is 1.83. The van der Waals surface area contributed by atoms with E-state index in [2.05, 4.69) is 5.32 Å². The molecule has 0 aliphatic carbocycles. The van der Waals surface area contributed by atoms with Crippen molar-refractivity contribution in [2.24, 2.45) is 0 Å². The number of hydrogen-bond acceptors (Lipinski definition) is 3. The quantitative estimate of drug-likeness (QED) is 0.733. The van der Waals surface area contributed by atoms with Gasteiger partial charge in [0.25, 0.3) is 0 Å². The lowest BCUT2D eigenvalue weighted by atomic mass is 10.1. The molecule has 0 spiro atoms. The predicted molar refractivity (Wildman–Crippen MR) is 56.4 cm³/mol. The topological polar surface area (TPSA) is 41.5 Å². The highest BCUT2D eigenvalue weighted by atomic mass is 19.1. The van der Waals surface area contributed by atoms with E-state index in [0.29, 0.717) is 18.7 Å². The number of nitrogens with one attached hydrogen (secondary N) is 1. The van der Waals surface area contributed by atoms with E-state index in [1.807, 2.05) is 6.92 Å². The van der Waals surface area contributed by atoms with Gasteiger partial charge in [0.2, 0.25) is 0 Å². The van der Waals surface area contributed by atoms with Crippen LogP contribution in [-0.4, -0.2) is 25.4 Å². The van der Waals surface area contributed by atoms with E-state index in [-0.39, 0.29) is 11.8 Å². The molecule has 1 rings (SSSR count). The lowest BCUT2D eigenvalue weighted by Crippen LogP contribution is -2.22. The SMILES string of the molecule is COCCN[C@@H](C)c1ccc(F)cc1O. The van der Waals surface area contributed by atoms with Gasteiger partial charge in [-0.2, -0.15) is 0 Å². The number of phenols is 1. The Labute approximate surface area is 88.9 Å². The van der Waals surface area contributed by atoms with Gasteiger partial charge in [-0.3, -0.25) is 0 Å². The Morgan fingerprint density at radius 2 is 2.27 bits per heavy atom. The van der Waals surface area contributed by atoms with E-state index in [0.717, 1.165) is 6.07 Å². The molecule has 0 saturated carbocycles. The van der Waals surface area contributed by atoms with Crippen molar-refractivity contribution in [1.29, 1.82) is 0 Å². The summed E-state index contributed by atoms with van der Waals surface area (Å²) in [4.78, 5) is 0. The molecular weight excluding hydrogens is 197 g/mol. The lowest BCUT2D eigenvalue weighted by Gasteiger charge is -2.15. The summed E-state index contributed by atoms with van der Waals surface area (Å²) in [5, 5.41) is 12.7. The normalized spacial score (nSPS) is 12.7. The Balaban J connectivity index is 2.61. The smallest absolute Gasteiger partial charge is 0.126 e. The molecule has 0 fully saturated rings. The molecule has 0 aliphatic rings. The first-order valence-electron chi connectivity index (χ1n) is 4.86. The number of benzene rings is 1. The maximum atomic E-state index is 12.7. The lowest BCUT2D eigenvalue weighted by molar-refractivity contribution is 0.196.